The van der Waals surface area contributed by atoms with Crippen molar-refractivity contribution >= 4 is 11.7 Å². The van der Waals surface area contributed by atoms with Crippen LogP contribution in [0.4, 0.5) is 5.69 Å². The number of nitrogens with one attached hydrogen (secondary N) is 1. The number of benzene rings is 1. The Balaban J connectivity index is 2.01. The van der Waals surface area contributed by atoms with Gasteiger partial charge in [-0.05, 0) is 49.6 Å². The highest BCUT2D eigenvalue weighted by molar-refractivity contribution is 5.87. The summed E-state index contributed by atoms with van der Waals surface area (Å²) < 4.78 is 0. The van der Waals surface area contributed by atoms with E-state index >= 15 is 0 Å². The third-order valence-corrected chi connectivity index (χ3v) is 3.70. The zero-order valence-electron chi connectivity index (χ0n) is 10.4. The molecule has 0 amide bonds. The Hall–Kier alpha value is -1.55. The van der Waals surface area contributed by atoms with Gasteiger partial charge < -0.3 is 16.2 Å². The Kier molecular flexibility index (Phi) is 4.20. The average Bonchev–Trinajstić information content (AvgIpc) is 2.40. The Morgan fingerprint density at radius 1 is 1.28 bits per heavy atom. The fourth-order valence-electron chi connectivity index (χ4n) is 2.60. The molecule has 2 atom stereocenters. The molecule has 0 bridgehead atoms. The molecular weight excluding hydrogens is 228 g/mol. The van der Waals surface area contributed by atoms with E-state index in [0.717, 1.165) is 12.1 Å². The molecule has 2 rings (SSSR count). The maximum Gasteiger partial charge on any atom is 0.335 e. The number of carboxylic acid groups (broad SMARTS) is 1. The van der Waals surface area contributed by atoms with Gasteiger partial charge in [0.15, 0.2) is 0 Å². The minimum Gasteiger partial charge on any atom is -0.478 e. The van der Waals surface area contributed by atoms with Gasteiger partial charge in [0, 0.05) is 11.7 Å². The van der Waals surface area contributed by atoms with Crippen molar-refractivity contribution in [2.24, 2.45) is 11.7 Å². The van der Waals surface area contributed by atoms with Crippen LogP contribution < -0.4 is 11.1 Å². The molecule has 0 aliphatic heterocycles. The highest BCUT2D eigenvalue weighted by Crippen LogP contribution is 2.26. The molecule has 2 unspecified atom stereocenters. The molecule has 0 saturated heterocycles. The van der Waals surface area contributed by atoms with Crippen molar-refractivity contribution in [1.82, 2.24) is 0 Å². The van der Waals surface area contributed by atoms with Crippen molar-refractivity contribution in [2.45, 2.75) is 31.7 Å². The third-order valence-electron chi connectivity index (χ3n) is 3.70. The van der Waals surface area contributed by atoms with Crippen molar-refractivity contribution in [1.29, 1.82) is 0 Å². The van der Waals surface area contributed by atoms with Gasteiger partial charge in [-0.1, -0.05) is 12.8 Å². The molecule has 4 heteroatoms. The Morgan fingerprint density at radius 2 is 1.94 bits per heavy atom. The molecule has 0 heterocycles. The van der Waals surface area contributed by atoms with E-state index < -0.39 is 5.97 Å². The molecule has 1 aromatic carbocycles. The molecule has 0 radical (unpaired) electrons. The number of carbonyl (C=O) groups is 1. The summed E-state index contributed by atoms with van der Waals surface area (Å²) in [5, 5.41) is 12.3. The van der Waals surface area contributed by atoms with Gasteiger partial charge in [-0.25, -0.2) is 4.79 Å². The topological polar surface area (TPSA) is 75.3 Å². The summed E-state index contributed by atoms with van der Waals surface area (Å²) in [6, 6.07) is 7.33. The summed E-state index contributed by atoms with van der Waals surface area (Å²) in [7, 11) is 0. The van der Waals surface area contributed by atoms with E-state index in [1.165, 1.54) is 19.3 Å². The lowest BCUT2D eigenvalue weighted by Crippen LogP contribution is -2.36. The molecular formula is C14H20N2O2. The van der Waals surface area contributed by atoms with E-state index in [9.17, 15) is 4.79 Å². The molecule has 1 aliphatic rings. The van der Waals surface area contributed by atoms with Crippen LogP contribution in [-0.4, -0.2) is 23.7 Å². The van der Waals surface area contributed by atoms with Gasteiger partial charge in [-0.3, -0.25) is 0 Å². The van der Waals surface area contributed by atoms with Gasteiger partial charge in [-0.2, -0.15) is 0 Å². The maximum atomic E-state index is 10.8. The van der Waals surface area contributed by atoms with Gasteiger partial charge in [0.2, 0.25) is 0 Å². The predicted octanol–water partition coefficient (Wildman–Crippen LogP) is 2.31. The molecule has 4 nitrogen and oxygen atoms in total. The van der Waals surface area contributed by atoms with E-state index in [-0.39, 0.29) is 0 Å². The summed E-state index contributed by atoms with van der Waals surface area (Å²) >= 11 is 0. The number of rotatable bonds is 4. The minimum absolute atomic E-state index is 0.319. The van der Waals surface area contributed by atoms with Gasteiger partial charge in [0.1, 0.15) is 0 Å². The molecule has 98 valence electrons. The van der Waals surface area contributed by atoms with Crippen LogP contribution in [0.2, 0.25) is 0 Å². The van der Waals surface area contributed by atoms with Crippen LogP contribution >= 0.6 is 0 Å². The highest BCUT2D eigenvalue weighted by Gasteiger charge is 2.23. The largest absolute Gasteiger partial charge is 0.478 e. The molecule has 0 spiro atoms. The smallest absolute Gasteiger partial charge is 0.335 e. The van der Waals surface area contributed by atoms with E-state index in [0.29, 0.717) is 24.1 Å². The number of anilines is 1. The molecule has 0 aromatic heterocycles. The first-order valence-electron chi connectivity index (χ1n) is 6.50. The van der Waals surface area contributed by atoms with E-state index in [1.54, 1.807) is 12.1 Å². The molecule has 1 aliphatic carbocycles. The Morgan fingerprint density at radius 3 is 2.56 bits per heavy atom. The van der Waals surface area contributed by atoms with Crippen molar-refractivity contribution in [3.8, 4) is 0 Å². The monoisotopic (exact) mass is 248 g/mol. The van der Waals surface area contributed by atoms with Crippen LogP contribution in [0.25, 0.3) is 0 Å². The van der Waals surface area contributed by atoms with Gasteiger partial charge in [0.05, 0.1) is 5.56 Å². The highest BCUT2D eigenvalue weighted by atomic mass is 16.4. The first-order valence-corrected chi connectivity index (χ1v) is 6.50. The van der Waals surface area contributed by atoms with Crippen LogP contribution in [0.15, 0.2) is 24.3 Å². The summed E-state index contributed by atoms with van der Waals surface area (Å²) in [6.07, 6.45) is 4.82. The second-order valence-electron chi connectivity index (χ2n) is 4.91. The van der Waals surface area contributed by atoms with E-state index in [1.807, 2.05) is 12.1 Å². The van der Waals surface area contributed by atoms with Crippen LogP contribution in [0, 0.1) is 5.92 Å². The maximum absolute atomic E-state index is 10.8. The fourth-order valence-corrected chi connectivity index (χ4v) is 2.60. The van der Waals surface area contributed by atoms with Gasteiger partial charge in [-0.15, -0.1) is 0 Å². The van der Waals surface area contributed by atoms with Crippen molar-refractivity contribution in [3.05, 3.63) is 29.8 Å². The third kappa shape index (κ3) is 3.01. The van der Waals surface area contributed by atoms with Crippen LogP contribution in [-0.2, 0) is 0 Å². The minimum atomic E-state index is -0.890. The van der Waals surface area contributed by atoms with Crippen molar-refractivity contribution in [3.63, 3.8) is 0 Å². The zero-order valence-corrected chi connectivity index (χ0v) is 10.4. The normalized spacial score (nSPS) is 23.6. The number of hydrogen-bond donors (Lipinski definition) is 3. The second-order valence-corrected chi connectivity index (χ2v) is 4.91. The quantitative estimate of drug-likeness (QED) is 0.764. The van der Waals surface area contributed by atoms with Crippen molar-refractivity contribution < 1.29 is 9.90 Å². The Bertz CT molecular complexity index is 403. The molecule has 18 heavy (non-hydrogen) atoms. The van der Waals surface area contributed by atoms with Crippen LogP contribution in [0.3, 0.4) is 0 Å². The summed E-state index contributed by atoms with van der Waals surface area (Å²) in [5.74, 6) is -0.364. The number of nitrogens with two attached hydrogens (primary N) is 1. The summed E-state index contributed by atoms with van der Waals surface area (Å²) in [6.45, 7) is 0.713. The second kappa shape index (κ2) is 5.87. The predicted molar refractivity (Wildman–Crippen MR) is 71.8 cm³/mol. The Labute approximate surface area is 107 Å². The lowest BCUT2D eigenvalue weighted by molar-refractivity contribution is 0.0697. The zero-order chi connectivity index (χ0) is 13.0. The first-order chi connectivity index (χ1) is 8.70. The molecule has 4 N–H and O–H groups in total. The van der Waals surface area contributed by atoms with Gasteiger partial charge in [0.25, 0.3) is 0 Å². The van der Waals surface area contributed by atoms with Crippen LogP contribution in [0.5, 0.6) is 0 Å². The molecule has 1 aromatic rings. The number of hydrogen-bond acceptors (Lipinski definition) is 3. The summed E-state index contributed by atoms with van der Waals surface area (Å²) in [4.78, 5) is 10.8. The van der Waals surface area contributed by atoms with Crippen molar-refractivity contribution in [2.75, 3.05) is 11.9 Å². The lowest BCUT2D eigenvalue weighted by Gasteiger charge is -2.32. The standard InChI is InChI=1S/C14H20N2O2/c15-9-11-3-1-2-4-13(11)16-12-7-5-10(6-8-12)14(17)18/h5-8,11,13,16H,1-4,9,15H2,(H,17,18). The van der Waals surface area contributed by atoms with E-state index in [2.05, 4.69) is 5.32 Å². The summed E-state index contributed by atoms with van der Waals surface area (Å²) in [5.41, 5.74) is 7.09. The number of aromatic carboxylic acids is 1. The lowest BCUT2D eigenvalue weighted by atomic mass is 9.84. The van der Waals surface area contributed by atoms with E-state index in [4.69, 9.17) is 10.8 Å². The number of carboxylic acids is 1. The SMILES string of the molecule is NCC1CCCCC1Nc1ccc(C(=O)O)cc1. The fraction of sp³-hybridized carbons (Fsp3) is 0.500. The van der Waals surface area contributed by atoms with Gasteiger partial charge >= 0.3 is 5.97 Å². The first kappa shape index (κ1) is 12.9. The molecule has 1 saturated carbocycles. The van der Waals surface area contributed by atoms with Crippen LogP contribution in [0.1, 0.15) is 36.0 Å². The molecule has 1 fully saturated rings. The average molecular weight is 248 g/mol.